The molecule has 0 amide bonds. The molecule has 15 heavy (non-hydrogen) atoms. The highest BCUT2D eigenvalue weighted by atomic mass is 16.5. The normalized spacial score (nSPS) is 16.6. The smallest absolute Gasteiger partial charge is 0.235 e. The van der Waals surface area contributed by atoms with Gasteiger partial charge in [0.05, 0.1) is 6.61 Å². The van der Waals surface area contributed by atoms with Crippen LogP contribution >= 0.6 is 0 Å². The molecule has 1 saturated carbocycles. The summed E-state index contributed by atoms with van der Waals surface area (Å²) in [5.41, 5.74) is 0.670. The second-order valence-electron chi connectivity index (χ2n) is 3.66. The first-order valence-electron chi connectivity index (χ1n) is 5.14. The van der Waals surface area contributed by atoms with Gasteiger partial charge < -0.3 is 4.74 Å². The molecule has 0 unspecified atom stereocenters. The largest absolute Gasteiger partial charge is 0.494 e. The fourth-order valence-electron chi connectivity index (χ4n) is 1.78. The van der Waals surface area contributed by atoms with Crippen molar-refractivity contribution in [2.45, 2.75) is 25.3 Å². The van der Waals surface area contributed by atoms with Gasteiger partial charge in [0.25, 0.3) is 0 Å². The van der Waals surface area contributed by atoms with Crippen LogP contribution in [0.1, 0.15) is 25.3 Å². The summed E-state index contributed by atoms with van der Waals surface area (Å²) in [6, 6.07) is 7.76. The van der Waals surface area contributed by atoms with Crippen molar-refractivity contribution < 1.29 is 9.53 Å². The molecule has 3 nitrogen and oxygen atoms in total. The lowest BCUT2D eigenvalue weighted by molar-refractivity contribution is 0.333. The van der Waals surface area contributed by atoms with Crippen molar-refractivity contribution in [2.75, 3.05) is 6.61 Å². The summed E-state index contributed by atoms with van der Waals surface area (Å²) in [6.45, 7) is 2.57. The van der Waals surface area contributed by atoms with Crippen LogP contribution in [0.2, 0.25) is 0 Å². The van der Waals surface area contributed by atoms with Gasteiger partial charge in [-0.25, -0.2) is 4.79 Å². The lowest BCUT2D eigenvalue weighted by Gasteiger charge is -2.13. The molecule has 1 fully saturated rings. The number of ether oxygens (including phenoxy) is 1. The van der Waals surface area contributed by atoms with Crippen LogP contribution in [-0.4, -0.2) is 12.7 Å². The SMILES string of the molecule is CCOc1ccccc1C1(N=C=O)CC1. The van der Waals surface area contributed by atoms with Gasteiger partial charge in [-0.05, 0) is 25.8 Å². The quantitative estimate of drug-likeness (QED) is 0.556. The van der Waals surface area contributed by atoms with Gasteiger partial charge in [-0.15, -0.1) is 0 Å². The average Bonchev–Trinajstić information content (AvgIpc) is 3.01. The zero-order valence-corrected chi connectivity index (χ0v) is 8.69. The number of para-hydroxylation sites is 1. The Kier molecular flexibility index (Phi) is 2.57. The number of nitrogens with zero attached hydrogens (tertiary/aromatic N) is 1. The Hall–Kier alpha value is -1.60. The molecule has 0 bridgehead atoms. The number of aliphatic imine (C=N–C) groups is 1. The molecule has 1 aromatic rings. The highest BCUT2D eigenvalue weighted by Crippen LogP contribution is 2.52. The predicted molar refractivity (Wildman–Crippen MR) is 56.6 cm³/mol. The van der Waals surface area contributed by atoms with Gasteiger partial charge in [-0.3, -0.25) is 0 Å². The first kappa shape index (κ1) is 9.94. The van der Waals surface area contributed by atoms with E-state index in [1.54, 1.807) is 6.08 Å². The Balaban J connectivity index is 2.39. The Bertz CT molecular complexity index is 404. The molecule has 0 atom stereocenters. The minimum atomic E-state index is -0.340. The highest BCUT2D eigenvalue weighted by Gasteiger charge is 2.46. The van der Waals surface area contributed by atoms with Crippen molar-refractivity contribution in [1.82, 2.24) is 0 Å². The Labute approximate surface area is 88.8 Å². The van der Waals surface area contributed by atoms with E-state index in [2.05, 4.69) is 4.99 Å². The molecule has 0 spiro atoms. The highest BCUT2D eigenvalue weighted by molar-refractivity contribution is 5.47. The molecule has 0 radical (unpaired) electrons. The topological polar surface area (TPSA) is 38.7 Å². The fraction of sp³-hybridized carbons (Fsp3) is 0.417. The molecule has 1 aromatic carbocycles. The Morgan fingerprint density at radius 1 is 1.47 bits per heavy atom. The molecular weight excluding hydrogens is 190 g/mol. The summed E-state index contributed by atoms with van der Waals surface area (Å²) in [5.74, 6) is 0.830. The van der Waals surface area contributed by atoms with Crippen LogP contribution in [0, 0.1) is 0 Å². The first-order chi connectivity index (χ1) is 7.32. The number of hydrogen-bond acceptors (Lipinski definition) is 3. The Morgan fingerprint density at radius 2 is 2.20 bits per heavy atom. The van der Waals surface area contributed by atoms with Gasteiger partial charge in [-0.1, -0.05) is 18.2 Å². The van der Waals surface area contributed by atoms with Crippen molar-refractivity contribution in [2.24, 2.45) is 4.99 Å². The third-order valence-electron chi connectivity index (χ3n) is 2.67. The summed E-state index contributed by atoms with van der Waals surface area (Å²) < 4.78 is 5.52. The van der Waals surface area contributed by atoms with Gasteiger partial charge in [0.2, 0.25) is 6.08 Å². The summed E-state index contributed by atoms with van der Waals surface area (Å²) in [7, 11) is 0. The van der Waals surface area contributed by atoms with E-state index < -0.39 is 0 Å². The molecule has 0 aliphatic heterocycles. The molecule has 0 N–H and O–H groups in total. The van der Waals surface area contributed by atoms with E-state index in [1.807, 2.05) is 31.2 Å². The van der Waals surface area contributed by atoms with Crippen LogP contribution < -0.4 is 4.74 Å². The zero-order chi connectivity index (χ0) is 10.7. The molecule has 3 heteroatoms. The number of hydrogen-bond donors (Lipinski definition) is 0. The monoisotopic (exact) mass is 203 g/mol. The Morgan fingerprint density at radius 3 is 2.80 bits per heavy atom. The van der Waals surface area contributed by atoms with Crippen molar-refractivity contribution >= 4 is 6.08 Å². The van der Waals surface area contributed by atoms with E-state index >= 15 is 0 Å². The maximum absolute atomic E-state index is 10.4. The van der Waals surface area contributed by atoms with Crippen LogP contribution in [-0.2, 0) is 10.3 Å². The lowest BCUT2D eigenvalue weighted by Crippen LogP contribution is -2.06. The maximum atomic E-state index is 10.4. The number of benzene rings is 1. The maximum Gasteiger partial charge on any atom is 0.235 e. The average molecular weight is 203 g/mol. The lowest BCUT2D eigenvalue weighted by atomic mass is 10.0. The zero-order valence-electron chi connectivity index (χ0n) is 8.69. The van der Waals surface area contributed by atoms with E-state index in [-0.39, 0.29) is 5.54 Å². The number of rotatable bonds is 4. The minimum Gasteiger partial charge on any atom is -0.494 e. The predicted octanol–water partition coefficient (Wildman–Crippen LogP) is 2.41. The molecule has 0 aromatic heterocycles. The fourth-order valence-corrected chi connectivity index (χ4v) is 1.78. The standard InChI is InChI=1S/C12H13NO2/c1-2-15-11-6-4-3-5-10(11)12(7-8-12)13-9-14/h3-6H,2,7-8H2,1H3. The van der Waals surface area contributed by atoms with Crippen LogP contribution in [0.4, 0.5) is 0 Å². The number of carbonyl (C=O) groups excluding carboxylic acids is 1. The van der Waals surface area contributed by atoms with Gasteiger partial charge >= 0.3 is 0 Å². The second-order valence-corrected chi connectivity index (χ2v) is 3.66. The van der Waals surface area contributed by atoms with E-state index in [0.717, 1.165) is 24.2 Å². The van der Waals surface area contributed by atoms with Gasteiger partial charge in [0, 0.05) is 5.56 Å². The van der Waals surface area contributed by atoms with Crippen LogP contribution in [0.25, 0.3) is 0 Å². The van der Waals surface area contributed by atoms with E-state index in [1.165, 1.54) is 0 Å². The van der Waals surface area contributed by atoms with Crippen molar-refractivity contribution in [1.29, 1.82) is 0 Å². The third-order valence-corrected chi connectivity index (χ3v) is 2.67. The molecule has 1 aliphatic rings. The van der Waals surface area contributed by atoms with Crippen LogP contribution in [0.3, 0.4) is 0 Å². The minimum absolute atomic E-state index is 0.340. The summed E-state index contributed by atoms with van der Waals surface area (Å²) >= 11 is 0. The van der Waals surface area contributed by atoms with Gasteiger partial charge in [-0.2, -0.15) is 4.99 Å². The summed E-state index contributed by atoms with van der Waals surface area (Å²) in [5, 5.41) is 0. The first-order valence-corrected chi connectivity index (χ1v) is 5.14. The van der Waals surface area contributed by atoms with E-state index in [0.29, 0.717) is 6.61 Å². The van der Waals surface area contributed by atoms with E-state index in [9.17, 15) is 4.79 Å². The number of isocyanates is 1. The summed E-state index contributed by atoms with van der Waals surface area (Å²) in [6.07, 6.45) is 3.48. The molecule has 78 valence electrons. The molecular formula is C12H13NO2. The van der Waals surface area contributed by atoms with Crippen molar-refractivity contribution in [3.8, 4) is 5.75 Å². The molecule has 2 rings (SSSR count). The van der Waals surface area contributed by atoms with Gasteiger partial charge in [0.15, 0.2) is 0 Å². The van der Waals surface area contributed by atoms with E-state index in [4.69, 9.17) is 4.74 Å². The molecule has 1 aliphatic carbocycles. The van der Waals surface area contributed by atoms with Crippen molar-refractivity contribution in [3.63, 3.8) is 0 Å². The van der Waals surface area contributed by atoms with Crippen molar-refractivity contribution in [3.05, 3.63) is 29.8 Å². The third kappa shape index (κ3) is 1.79. The van der Waals surface area contributed by atoms with Crippen LogP contribution in [0.15, 0.2) is 29.3 Å². The van der Waals surface area contributed by atoms with Crippen LogP contribution in [0.5, 0.6) is 5.75 Å². The summed E-state index contributed by atoms with van der Waals surface area (Å²) in [4.78, 5) is 14.3. The molecule has 0 saturated heterocycles. The van der Waals surface area contributed by atoms with Gasteiger partial charge in [0.1, 0.15) is 11.3 Å². The molecule has 0 heterocycles. The second kappa shape index (κ2) is 3.87.